The lowest BCUT2D eigenvalue weighted by Crippen LogP contribution is -2.26. The molecule has 1 unspecified atom stereocenters. The first-order valence-electron chi connectivity index (χ1n) is 6.98. The van der Waals surface area contributed by atoms with Crippen molar-refractivity contribution in [2.24, 2.45) is 5.92 Å². The molecule has 114 valence electrons. The topological polar surface area (TPSA) is 84.5 Å². The van der Waals surface area contributed by atoms with Crippen molar-refractivity contribution in [3.63, 3.8) is 0 Å². The molecule has 6 nitrogen and oxygen atoms in total. The van der Waals surface area contributed by atoms with Gasteiger partial charge in [-0.15, -0.1) is 0 Å². The first-order chi connectivity index (χ1) is 10.0. The number of anilines is 1. The Kier molecular flexibility index (Phi) is 3.86. The van der Waals surface area contributed by atoms with E-state index in [1.807, 2.05) is 18.2 Å². The van der Waals surface area contributed by atoms with Crippen LogP contribution in [-0.2, 0) is 21.2 Å². The van der Waals surface area contributed by atoms with Crippen LogP contribution in [0.25, 0.3) is 0 Å². The molecule has 1 fully saturated rings. The van der Waals surface area contributed by atoms with E-state index in [0.29, 0.717) is 30.3 Å². The molecule has 3 rings (SSSR count). The van der Waals surface area contributed by atoms with Crippen LogP contribution in [0.15, 0.2) is 18.2 Å². The predicted molar refractivity (Wildman–Crippen MR) is 79.0 cm³/mol. The summed E-state index contributed by atoms with van der Waals surface area (Å²) < 4.78 is 28.1. The lowest BCUT2D eigenvalue weighted by molar-refractivity contribution is -0.118. The fourth-order valence-corrected chi connectivity index (χ4v) is 4.56. The minimum Gasteiger partial charge on any atom is -0.482 e. The van der Waals surface area contributed by atoms with Gasteiger partial charge in [-0.3, -0.25) is 4.79 Å². The monoisotopic (exact) mass is 310 g/mol. The number of carbonyl (C=O) groups is 1. The van der Waals surface area contributed by atoms with Crippen molar-refractivity contribution in [3.05, 3.63) is 23.8 Å². The molecule has 2 N–H and O–H groups in total. The molecule has 0 radical (unpaired) electrons. The highest BCUT2D eigenvalue weighted by molar-refractivity contribution is 7.91. The Morgan fingerprint density at radius 2 is 2.24 bits per heavy atom. The van der Waals surface area contributed by atoms with Crippen molar-refractivity contribution < 1.29 is 17.9 Å². The number of fused-ring (bicyclic) bond motifs is 1. The van der Waals surface area contributed by atoms with Crippen molar-refractivity contribution in [1.82, 2.24) is 5.32 Å². The summed E-state index contributed by atoms with van der Waals surface area (Å²) in [6, 6.07) is 5.66. The highest BCUT2D eigenvalue weighted by Crippen LogP contribution is 2.28. The van der Waals surface area contributed by atoms with Gasteiger partial charge in [0, 0.05) is 6.54 Å². The average molecular weight is 310 g/mol. The smallest absolute Gasteiger partial charge is 0.262 e. The van der Waals surface area contributed by atoms with Gasteiger partial charge in [-0.2, -0.15) is 0 Å². The van der Waals surface area contributed by atoms with Gasteiger partial charge in [0.25, 0.3) is 5.91 Å². The molecule has 21 heavy (non-hydrogen) atoms. The fraction of sp³-hybridized carbons (Fsp3) is 0.500. The molecule has 0 spiro atoms. The number of ether oxygens (including phenoxy) is 1. The van der Waals surface area contributed by atoms with E-state index in [4.69, 9.17) is 4.74 Å². The van der Waals surface area contributed by atoms with Crippen LogP contribution in [0.1, 0.15) is 12.0 Å². The molecule has 1 aromatic rings. The Labute approximate surface area is 123 Å². The number of hydrogen-bond donors (Lipinski definition) is 2. The van der Waals surface area contributed by atoms with Gasteiger partial charge >= 0.3 is 0 Å². The van der Waals surface area contributed by atoms with E-state index in [2.05, 4.69) is 10.6 Å². The van der Waals surface area contributed by atoms with Crippen LogP contribution in [0.2, 0.25) is 0 Å². The lowest BCUT2D eigenvalue weighted by Gasteiger charge is -2.18. The number of amides is 1. The molecule has 1 saturated heterocycles. The van der Waals surface area contributed by atoms with Gasteiger partial charge in [-0.1, -0.05) is 6.07 Å². The van der Waals surface area contributed by atoms with Crippen molar-refractivity contribution in [2.45, 2.75) is 13.0 Å². The SMILES string of the molecule is O=C1COc2ccc(CNCC3CCS(=O)(=O)C3)cc2N1. The maximum Gasteiger partial charge on any atom is 0.262 e. The maximum atomic E-state index is 11.4. The second kappa shape index (κ2) is 5.65. The van der Waals surface area contributed by atoms with Crippen LogP contribution in [0.3, 0.4) is 0 Å². The molecule has 0 aliphatic carbocycles. The van der Waals surface area contributed by atoms with Crippen LogP contribution < -0.4 is 15.4 Å². The Morgan fingerprint density at radius 1 is 1.38 bits per heavy atom. The molecule has 1 amide bonds. The van der Waals surface area contributed by atoms with E-state index in [1.165, 1.54) is 0 Å². The zero-order valence-corrected chi connectivity index (χ0v) is 12.4. The van der Waals surface area contributed by atoms with Crippen molar-refractivity contribution in [1.29, 1.82) is 0 Å². The summed E-state index contributed by atoms with van der Waals surface area (Å²) in [6.45, 7) is 1.39. The van der Waals surface area contributed by atoms with E-state index in [9.17, 15) is 13.2 Å². The Hall–Kier alpha value is -1.60. The third kappa shape index (κ3) is 3.54. The van der Waals surface area contributed by atoms with Gasteiger partial charge in [0.05, 0.1) is 17.2 Å². The van der Waals surface area contributed by atoms with Crippen LogP contribution >= 0.6 is 0 Å². The van der Waals surface area contributed by atoms with Crippen molar-refractivity contribution in [3.8, 4) is 5.75 Å². The van der Waals surface area contributed by atoms with Gasteiger partial charge in [0.1, 0.15) is 5.75 Å². The van der Waals surface area contributed by atoms with E-state index in [-0.39, 0.29) is 24.2 Å². The van der Waals surface area contributed by atoms with E-state index in [0.717, 1.165) is 12.0 Å². The summed E-state index contributed by atoms with van der Waals surface area (Å²) in [6.07, 6.45) is 0.740. The van der Waals surface area contributed by atoms with Crippen LogP contribution in [0.5, 0.6) is 5.75 Å². The molecule has 0 aromatic heterocycles. The summed E-state index contributed by atoms with van der Waals surface area (Å²) in [5.74, 6) is 1.33. The predicted octanol–water partition coefficient (Wildman–Crippen LogP) is 0.542. The lowest BCUT2D eigenvalue weighted by atomic mass is 10.1. The first kappa shape index (κ1) is 14.3. The fourth-order valence-electron chi connectivity index (χ4n) is 2.69. The van der Waals surface area contributed by atoms with Crippen LogP contribution in [0.4, 0.5) is 5.69 Å². The third-order valence-corrected chi connectivity index (χ3v) is 5.60. The zero-order chi connectivity index (χ0) is 14.9. The van der Waals surface area contributed by atoms with E-state index >= 15 is 0 Å². The second-order valence-electron chi connectivity index (χ2n) is 5.57. The minimum absolute atomic E-state index is 0.0563. The van der Waals surface area contributed by atoms with Gasteiger partial charge < -0.3 is 15.4 Å². The number of sulfone groups is 1. The van der Waals surface area contributed by atoms with E-state index < -0.39 is 9.84 Å². The molecule has 0 bridgehead atoms. The van der Waals surface area contributed by atoms with Gasteiger partial charge in [-0.25, -0.2) is 8.42 Å². The van der Waals surface area contributed by atoms with Gasteiger partial charge in [-0.05, 0) is 36.6 Å². The quantitative estimate of drug-likeness (QED) is 0.848. The normalized spacial score (nSPS) is 23.2. The van der Waals surface area contributed by atoms with Crippen molar-refractivity contribution in [2.75, 3.05) is 30.0 Å². The number of hydrogen-bond acceptors (Lipinski definition) is 5. The molecular weight excluding hydrogens is 292 g/mol. The summed E-state index contributed by atoms with van der Waals surface area (Å²) >= 11 is 0. The Bertz CT molecular complexity index is 657. The molecule has 1 atom stereocenters. The van der Waals surface area contributed by atoms with Crippen LogP contribution in [-0.4, -0.2) is 39.0 Å². The zero-order valence-electron chi connectivity index (χ0n) is 11.6. The Balaban J connectivity index is 1.54. The standard InChI is InChI=1S/C14H18N2O4S/c17-14-8-20-13-2-1-10(5-12(13)16-14)6-15-7-11-3-4-21(18,19)9-11/h1-2,5,11,15H,3-4,6-9H2,(H,16,17). The summed E-state index contributed by atoms with van der Waals surface area (Å²) in [5, 5.41) is 6.05. The summed E-state index contributed by atoms with van der Waals surface area (Å²) in [5.41, 5.74) is 1.72. The number of carbonyl (C=O) groups excluding carboxylic acids is 1. The van der Waals surface area contributed by atoms with Crippen LogP contribution in [0, 0.1) is 5.92 Å². The first-order valence-corrected chi connectivity index (χ1v) is 8.81. The summed E-state index contributed by atoms with van der Waals surface area (Å²) in [7, 11) is -2.81. The summed E-state index contributed by atoms with van der Waals surface area (Å²) in [4.78, 5) is 11.3. The number of benzene rings is 1. The third-order valence-electron chi connectivity index (χ3n) is 3.77. The molecule has 1 aromatic carbocycles. The second-order valence-corrected chi connectivity index (χ2v) is 7.80. The molecule has 2 heterocycles. The van der Waals surface area contributed by atoms with Gasteiger partial charge in [0.15, 0.2) is 16.4 Å². The molecule has 2 aliphatic rings. The van der Waals surface area contributed by atoms with Gasteiger partial charge in [0.2, 0.25) is 0 Å². The highest BCUT2D eigenvalue weighted by atomic mass is 32.2. The largest absolute Gasteiger partial charge is 0.482 e. The number of nitrogens with one attached hydrogen (secondary N) is 2. The minimum atomic E-state index is -2.81. The average Bonchev–Trinajstić information content (AvgIpc) is 2.78. The maximum absolute atomic E-state index is 11.4. The highest BCUT2D eigenvalue weighted by Gasteiger charge is 2.27. The number of rotatable bonds is 4. The molecule has 0 saturated carbocycles. The van der Waals surface area contributed by atoms with E-state index in [1.54, 1.807) is 0 Å². The molecule has 7 heteroatoms. The molecular formula is C14H18N2O4S. The Morgan fingerprint density at radius 3 is 3.00 bits per heavy atom. The molecule has 2 aliphatic heterocycles. The van der Waals surface area contributed by atoms with Crippen molar-refractivity contribution >= 4 is 21.4 Å².